The number of nitrogens with one attached hydrogen (secondary N) is 2. The van der Waals surface area contributed by atoms with E-state index >= 15 is 0 Å². The molecular weight excluding hydrogens is 454 g/mol. The van der Waals surface area contributed by atoms with E-state index in [1.807, 2.05) is 49.4 Å². The van der Waals surface area contributed by atoms with Gasteiger partial charge >= 0.3 is 12.0 Å². The van der Waals surface area contributed by atoms with Gasteiger partial charge in [-0.05, 0) is 43.0 Å². The lowest BCUT2D eigenvalue weighted by molar-refractivity contribution is -0.139. The molecule has 0 saturated carbocycles. The van der Waals surface area contributed by atoms with Gasteiger partial charge in [0.05, 0.1) is 23.9 Å². The lowest BCUT2D eigenvalue weighted by Crippen LogP contribution is -2.48. The van der Waals surface area contributed by atoms with Crippen LogP contribution < -0.4 is 10.6 Å². The minimum absolute atomic E-state index is 0.0153. The summed E-state index contributed by atoms with van der Waals surface area (Å²) in [4.78, 5) is 40.4. The van der Waals surface area contributed by atoms with Gasteiger partial charge in [-0.1, -0.05) is 75.6 Å². The lowest BCUT2D eigenvalue weighted by Gasteiger charge is -2.36. The van der Waals surface area contributed by atoms with E-state index in [0.717, 1.165) is 43.2 Å². The van der Waals surface area contributed by atoms with Crippen LogP contribution in [0.1, 0.15) is 76.5 Å². The highest BCUT2D eigenvalue weighted by atomic mass is 16.5. The van der Waals surface area contributed by atoms with E-state index in [1.54, 1.807) is 24.0 Å². The number of carbonyl (C=O) groups is 3. The maximum atomic E-state index is 13.3. The molecule has 1 aliphatic rings. The van der Waals surface area contributed by atoms with Gasteiger partial charge in [0, 0.05) is 18.7 Å². The Labute approximate surface area is 213 Å². The molecule has 3 rings (SSSR count). The monoisotopic (exact) mass is 491 g/mol. The molecule has 192 valence electrons. The first-order valence-corrected chi connectivity index (χ1v) is 12.9. The summed E-state index contributed by atoms with van der Waals surface area (Å²) in [5.41, 5.74) is 3.15. The highest BCUT2D eigenvalue weighted by Gasteiger charge is 2.38. The SMILES string of the molecule is CCCCCCC(=O)Nc1ccc(C2NC(=O)N(CCC)C(c3ccccc3)=C2C(=O)OCC)cc1. The second kappa shape index (κ2) is 13.5. The molecule has 2 aromatic carbocycles. The number of urea groups is 1. The second-order valence-corrected chi connectivity index (χ2v) is 8.86. The van der Waals surface area contributed by atoms with Crippen molar-refractivity contribution in [2.45, 2.75) is 65.3 Å². The molecule has 0 aromatic heterocycles. The van der Waals surface area contributed by atoms with Gasteiger partial charge in [0.25, 0.3) is 0 Å². The number of nitrogens with zero attached hydrogens (tertiary/aromatic N) is 1. The molecule has 0 spiro atoms. The summed E-state index contributed by atoms with van der Waals surface area (Å²) in [6.45, 7) is 6.59. The fourth-order valence-corrected chi connectivity index (χ4v) is 4.37. The van der Waals surface area contributed by atoms with Crippen LogP contribution >= 0.6 is 0 Å². The number of rotatable bonds is 12. The molecule has 0 fully saturated rings. The predicted octanol–water partition coefficient (Wildman–Crippen LogP) is 6.05. The number of amides is 3. The molecule has 0 bridgehead atoms. The van der Waals surface area contributed by atoms with Crippen molar-refractivity contribution in [3.05, 3.63) is 71.3 Å². The Morgan fingerprint density at radius 3 is 2.31 bits per heavy atom. The summed E-state index contributed by atoms with van der Waals surface area (Å²) in [6, 6.07) is 15.8. The van der Waals surface area contributed by atoms with E-state index in [2.05, 4.69) is 17.6 Å². The number of anilines is 1. The number of benzene rings is 2. The maximum Gasteiger partial charge on any atom is 0.338 e. The first-order chi connectivity index (χ1) is 17.5. The van der Waals surface area contributed by atoms with Gasteiger partial charge in [0.2, 0.25) is 5.91 Å². The molecular formula is C29H37N3O4. The fourth-order valence-electron chi connectivity index (χ4n) is 4.37. The number of hydrogen-bond donors (Lipinski definition) is 2. The van der Waals surface area contributed by atoms with Crippen molar-refractivity contribution in [3.8, 4) is 0 Å². The summed E-state index contributed by atoms with van der Waals surface area (Å²) in [7, 11) is 0. The van der Waals surface area contributed by atoms with Crippen LogP contribution in [-0.2, 0) is 14.3 Å². The van der Waals surface area contributed by atoms with Crippen molar-refractivity contribution in [3.63, 3.8) is 0 Å². The van der Waals surface area contributed by atoms with Gasteiger partial charge in [-0.25, -0.2) is 9.59 Å². The molecule has 1 unspecified atom stereocenters. The number of carbonyl (C=O) groups excluding carboxylic acids is 3. The van der Waals surface area contributed by atoms with Crippen LogP contribution in [-0.4, -0.2) is 36.0 Å². The van der Waals surface area contributed by atoms with Crippen LogP contribution in [0.15, 0.2) is 60.2 Å². The Morgan fingerprint density at radius 2 is 1.67 bits per heavy atom. The topological polar surface area (TPSA) is 87.7 Å². The van der Waals surface area contributed by atoms with Crippen LogP contribution in [0.3, 0.4) is 0 Å². The lowest BCUT2D eigenvalue weighted by atomic mass is 9.91. The van der Waals surface area contributed by atoms with Crippen LogP contribution in [0.2, 0.25) is 0 Å². The minimum atomic E-state index is -0.682. The molecule has 0 aliphatic carbocycles. The van der Waals surface area contributed by atoms with Crippen LogP contribution in [0.4, 0.5) is 10.5 Å². The smallest absolute Gasteiger partial charge is 0.338 e. The third kappa shape index (κ3) is 6.74. The molecule has 7 heteroatoms. The molecule has 2 aromatic rings. The molecule has 1 aliphatic heterocycles. The largest absolute Gasteiger partial charge is 0.463 e. The van der Waals surface area contributed by atoms with Crippen molar-refractivity contribution < 1.29 is 19.1 Å². The third-order valence-electron chi connectivity index (χ3n) is 6.10. The maximum absolute atomic E-state index is 13.3. The van der Waals surface area contributed by atoms with Crippen LogP contribution in [0, 0.1) is 0 Å². The fraction of sp³-hybridized carbons (Fsp3) is 0.414. The predicted molar refractivity (Wildman–Crippen MR) is 142 cm³/mol. The van der Waals surface area contributed by atoms with Crippen molar-refractivity contribution in [1.29, 1.82) is 0 Å². The Bertz CT molecular complexity index is 1060. The minimum Gasteiger partial charge on any atom is -0.463 e. The highest BCUT2D eigenvalue weighted by Crippen LogP contribution is 2.37. The van der Waals surface area contributed by atoms with Crippen molar-refractivity contribution in [1.82, 2.24) is 10.2 Å². The number of hydrogen-bond acceptors (Lipinski definition) is 4. The third-order valence-corrected chi connectivity index (χ3v) is 6.10. The van der Waals surface area contributed by atoms with Gasteiger partial charge in [-0.3, -0.25) is 9.69 Å². The molecule has 1 atom stereocenters. The Morgan fingerprint density at radius 1 is 0.944 bits per heavy atom. The molecule has 2 N–H and O–H groups in total. The quantitative estimate of drug-likeness (QED) is 0.280. The Kier molecular flexibility index (Phi) is 10.1. The zero-order valence-corrected chi connectivity index (χ0v) is 21.5. The average molecular weight is 492 g/mol. The molecule has 3 amide bonds. The van der Waals surface area contributed by atoms with Crippen LogP contribution in [0.5, 0.6) is 0 Å². The average Bonchev–Trinajstić information content (AvgIpc) is 2.88. The molecule has 7 nitrogen and oxygen atoms in total. The van der Waals surface area contributed by atoms with E-state index in [0.29, 0.717) is 29.9 Å². The van der Waals surface area contributed by atoms with E-state index in [9.17, 15) is 14.4 Å². The molecule has 1 heterocycles. The van der Waals surface area contributed by atoms with E-state index in [1.165, 1.54) is 0 Å². The summed E-state index contributed by atoms with van der Waals surface area (Å²) < 4.78 is 5.45. The van der Waals surface area contributed by atoms with Crippen molar-refractivity contribution in [2.75, 3.05) is 18.5 Å². The summed E-state index contributed by atoms with van der Waals surface area (Å²) in [5.74, 6) is -0.481. The summed E-state index contributed by atoms with van der Waals surface area (Å²) in [6.07, 6.45) is 5.40. The number of unbranched alkanes of at least 4 members (excludes halogenated alkanes) is 3. The Balaban J connectivity index is 1.94. The van der Waals surface area contributed by atoms with Gasteiger partial charge in [0.15, 0.2) is 0 Å². The van der Waals surface area contributed by atoms with E-state index in [4.69, 9.17) is 4.74 Å². The van der Waals surface area contributed by atoms with E-state index < -0.39 is 12.0 Å². The van der Waals surface area contributed by atoms with E-state index in [-0.39, 0.29) is 18.5 Å². The molecule has 0 saturated heterocycles. The molecule has 36 heavy (non-hydrogen) atoms. The first kappa shape index (κ1) is 27.0. The zero-order valence-electron chi connectivity index (χ0n) is 21.5. The van der Waals surface area contributed by atoms with Gasteiger partial charge in [0.1, 0.15) is 0 Å². The first-order valence-electron chi connectivity index (χ1n) is 12.9. The number of esters is 1. The zero-order chi connectivity index (χ0) is 25.9. The van der Waals surface area contributed by atoms with Crippen molar-refractivity contribution >= 4 is 29.3 Å². The van der Waals surface area contributed by atoms with Crippen LogP contribution in [0.25, 0.3) is 5.70 Å². The summed E-state index contributed by atoms with van der Waals surface area (Å²) >= 11 is 0. The highest BCUT2D eigenvalue weighted by molar-refractivity contribution is 6.04. The summed E-state index contributed by atoms with van der Waals surface area (Å²) in [5, 5.41) is 5.93. The standard InChI is InChI=1S/C29H37N3O4/c1-4-7-8-12-15-24(33)30-23-18-16-21(17-19-23)26-25(28(34)36-6-3)27(22-13-10-9-11-14-22)32(20-5-2)29(35)31-26/h9-11,13-14,16-19,26H,4-8,12,15,20H2,1-3H3,(H,30,33)(H,31,35). The van der Waals surface area contributed by atoms with Crippen molar-refractivity contribution in [2.24, 2.45) is 0 Å². The number of ether oxygens (including phenoxy) is 1. The van der Waals surface area contributed by atoms with Gasteiger partial charge < -0.3 is 15.4 Å². The second-order valence-electron chi connectivity index (χ2n) is 8.86. The Hall–Kier alpha value is -3.61. The normalized spacial score (nSPS) is 15.5. The molecule has 0 radical (unpaired) electrons. The van der Waals surface area contributed by atoms with Gasteiger partial charge in [-0.15, -0.1) is 0 Å². The van der Waals surface area contributed by atoms with Gasteiger partial charge in [-0.2, -0.15) is 0 Å².